The molecular formula is C17H28N6O3. The Bertz CT molecular complexity index is 792. The van der Waals surface area contributed by atoms with Gasteiger partial charge in [-0.15, -0.1) is 0 Å². The van der Waals surface area contributed by atoms with E-state index < -0.39 is 0 Å². The van der Waals surface area contributed by atoms with E-state index in [9.17, 15) is 9.59 Å². The number of carbonyl (C=O) groups excluding carboxylic acids is 1. The topological polar surface area (TPSA) is 122 Å². The minimum atomic E-state index is -0.151. The zero-order chi connectivity index (χ0) is 18.5. The standard InChI is InChI=1S/C17H28N6O3/c1-26-13(24)10-12-6-5-8-22(11-12)7-3-2-4-9-23-16-14(19-17(23)25)15(18)20-21-16/h12H,2-11H2,1H3,(H,19,25)(H3,18,20,21). The number of hydrogen-bond acceptors (Lipinski definition) is 6. The number of nitrogens with one attached hydrogen (secondary N) is 2. The highest BCUT2D eigenvalue weighted by Gasteiger charge is 2.22. The van der Waals surface area contributed by atoms with Gasteiger partial charge in [-0.1, -0.05) is 6.42 Å². The number of fused-ring (bicyclic) bond motifs is 1. The maximum atomic E-state index is 12.0. The van der Waals surface area contributed by atoms with Gasteiger partial charge in [0.2, 0.25) is 0 Å². The maximum Gasteiger partial charge on any atom is 0.327 e. The molecule has 1 aliphatic rings. The summed E-state index contributed by atoms with van der Waals surface area (Å²) >= 11 is 0. The number of likely N-dealkylation sites (tertiary alicyclic amines) is 1. The van der Waals surface area contributed by atoms with E-state index in [1.54, 1.807) is 4.57 Å². The van der Waals surface area contributed by atoms with Crippen molar-refractivity contribution >= 4 is 23.0 Å². The van der Waals surface area contributed by atoms with Gasteiger partial charge in [0.05, 0.1) is 7.11 Å². The molecule has 4 N–H and O–H groups in total. The van der Waals surface area contributed by atoms with Crippen molar-refractivity contribution < 1.29 is 9.53 Å². The summed E-state index contributed by atoms with van der Waals surface area (Å²) in [5.74, 6) is 0.621. The average molecular weight is 364 g/mol. The van der Waals surface area contributed by atoms with Gasteiger partial charge in [0.15, 0.2) is 11.5 Å². The Kier molecular flexibility index (Phi) is 5.97. The van der Waals surface area contributed by atoms with Crippen molar-refractivity contribution in [1.29, 1.82) is 0 Å². The molecule has 3 heterocycles. The monoisotopic (exact) mass is 364 g/mol. The first-order valence-electron chi connectivity index (χ1n) is 9.30. The summed E-state index contributed by atoms with van der Waals surface area (Å²) in [5.41, 5.74) is 6.80. The highest BCUT2D eigenvalue weighted by Crippen LogP contribution is 2.20. The normalized spacial score (nSPS) is 18.4. The Morgan fingerprint density at radius 1 is 1.35 bits per heavy atom. The third-order valence-electron chi connectivity index (χ3n) is 5.16. The molecule has 26 heavy (non-hydrogen) atoms. The van der Waals surface area contributed by atoms with Gasteiger partial charge in [0, 0.05) is 19.5 Å². The van der Waals surface area contributed by atoms with E-state index in [0.29, 0.717) is 35.9 Å². The van der Waals surface area contributed by atoms with E-state index >= 15 is 0 Å². The summed E-state index contributed by atoms with van der Waals surface area (Å²) in [6, 6.07) is 0. The molecule has 1 aliphatic heterocycles. The van der Waals surface area contributed by atoms with Gasteiger partial charge in [-0.2, -0.15) is 5.10 Å². The molecule has 1 atom stereocenters. The summed E-state index contributed by atoms with van der Waals surface area (Å²) in [6.07, 6.45) is 5.81. The summed E-state index contributed by atoms with van der Waals surface area (Å²) in [7, 11) is 1.45. The van der Waals surface area contributed by atoms with Gasteiger partial charge >= 0.3 is 11.7 Å². The summed E-state index contributed by atoms with van der Waals surface area (Å²) in [4.78, 5) is 28.6. The fraction of sp³-hybridized carbons (Fsp3) is 0.706. The van der Waals surface area contributed by atoms with Gasteiger partial charge in [0.1, 0.15) is 5.52 Å². The fourth-order valence-corrected chi connectivity index (χ4v) is 3.78. The van der Waals surface area contributed by atoms with Gasteiger partial charge in [-0.05, 0) is 44.7 Å². The van der Waals surface area contributed by atoms with Crippen LogP contribution >= 0.6 is 0 Å². The number of methoxy groups -OCH3 is 1. The smallest absolute Gasteiger partial charge is 0.327 e. The van der Waals surface area contributed by atoms with Crippen molar-refractivity contribution in [3.8, 4) is 0 Å². The molecule has 0 aromatic carbocycles. The SMILES string of the molecule is COC(=O)CC1CCCN(CCCCCn2c(=O)[nH]c3c(N)n[nH]c32)C1. The van der Waals surface area contributed by atoms with Crippen molar-refractivity contribution in [2.75, 3.05) is 32.5 Å². The minimum Gasteiger partial charge on any atom is -0.469 e. The Labute approximate surface area is 151 Å². The van der Waals surface area contributed by atoms with Crippen molar-refractivity contribution in [3.05, 3.63) is 10.5 Å². The second kappa shape index (κ2) is 8.39. The van der Waals surface area contributed by atoms with Crippen LogP contribution in [0.1, 0.15) is 38.5 Å². The second-order valence-electron chi connectivity index (χ2n) is 7.06. The number of aromatic amines is 2. The zero-order valence-electron chi connectivity index (χ0n) is 15.3. The number of unbranched alkanes of at least 4 members (excludes halogenated alkanes) is 2. The van der Waals surface area contributed by atoms with Crippen LogP contribution in [0.5, 0.6) is 0 Å². The zero-order valence-corrected chi connectivity index (χ0v) is 15.3. The van der Waals surface area contributed by atoms with Gasteiger partial charge in [-0.3, -0.25) is 14.5 Å². The lowest BCUT2D eigenvalue weighted by Gasteiger charge is -2.32. The molecule has 1 saturated heterocycles. The minimum absolute atomic E-state index is 0.112. The number of esters is 1. The van der Waals surface area contributed by atoms with E-state index in [1.165, 1.54) is 7.11 Å². The number of carbonyl (C=O) groups is 1. The summed E-state index contributed by atoms with van der Waals surface area (Å²) in [6.45, 7) is 3.75. The third-order valence-corrected chi connectivity index (χ3v) is 5.16. The molecular weight excluding hydrogens is 336 g/mol. The Balaban J connectivity index is 1.39. The molecule has 1 fully saturated rings. The average Bonchev–Trinajstić information content (AvgIpc) is 3.14. The molecule has 0 radical (unpaired) electrons. The first-order chi connectivity index (χ1) is 12.6. The number of nitrogens with zero attached hydrogens (tertiary/aromatic N) is 3. The highest BCUT2D eigenvalue weighted by atomic mass is 16.5. The number of nitrogen functional groups attached to an aromatic ring is 1. The van der Waals surface area contributed by atoms with Crippen molar-refractivity contribution in [2.24, 2.45) is 5.92 Å². The van der Waals surface area contributed by atoms with Crippen molar-refractivity contribution in [3.63, 3.8) is 0 Å². The van der Waals surface area contributed by atoms with E-state index in [2.05, 4.69) is 20.1 Å². The Morgan fingerprint density at radius 2 is 2.15 bits per heavy atom. The quantitative estimate of drug-likeness (QED) is 0.476. The van der Waals surface area contributed by atoms with Crippen molar-refractivity contribution in [2.45, 2.75) is 45.1 Å². The predicted octanol–water partition coefficient (Wildman–Crippen LogP) is 1.08. The molecule has 2 aromatic rings. The second-order valence-corrected chi connectivity index (χ2v) is 7.06. The lowest BCUT2D eigenvalue weighted by atomic mass is 9.94. The van der Waals surface area contributed by atoms with Crippen molar-refractivity contribution in [1.82, 2.24) is 24.6 Å². The lowest BCUT2D eigenvalue weighted by Crippen LogP contribution is -2.37. The highest BCUT2D eigenvalue weighted by molar-refractivity contribution is 5.81. The molecule has 0 bridgehead atoms. The van der Waals surface area contributed by atoms with Crippen LogP contribution in [-0.2, 0) is 16.1 Å². The number of nitrogens with two attached hydrogens (primary N) is 1. The molecule has 3 rings (SSSR count). The molecule has 2 aromatic heterocycles. The first-order valence-corrected chi connectivity index (χ1v) is 9.30. The van der Waals surface area contributed by atoms with Crippen LogP contribution in [0.3, 0.4) is 0 Å². The number of aromatic nitrogens is 4. The fourth-order valence-electron chi connectivity index (χ4n) is 3.78. The van der Waals surface area contributed by atoms with Crippen LogP contribution in [0.4, 0.5) is 5.82 Å². The van der Waals surface area contributed by atoms with E-state index in [4.69, 9.17) is 10.5 Å². The van der Waals surface area contributed by atoms with E-state index in [0.717, 1.165) is 51.7 Å². The first kappa shape index (κ1) is 18.5. The molecule has 1 unspecified atom stereocenters. The lowest BCUT2D eigenvalue weighted by molar-refractivity contribution is -0.142. The molecule has 0 aliphatic carbocycles. The van der Waals surface area contributed by atoms with Crippen LogP contribution in [0.2, 0.25) is 0 Å². The molecule has 9 heteroatoms. The third kappa shape index (κ3) is 4.27. The van der Waals surface area contributed by atoms with E-state index in [-0.39, 0.29) is 11.7 Å². The Morgan fingerprint density at radius 3 is 2.96 bits per heavy atom. The van der Waals surface area contributed by atoms with Gasteiger partial charge < -0.3 is 20.4 Å². The number of H-pyrrole nitrogens is 2. The summed E-state index contributed by atoms with van der Waals surface area (Å²) in [5, 5.41) is 6.72. The van der Waals surface area contributed by atoms with Crippen LogP contribution in [0, 0.1) is 5.92 Å². The van der Waals surface area contributed by atoms with Gasteiger partial charge in [0.25, 0.3) is 0 Å². The molecule has 0 amide bonds. The number of hydrogen-bond donors (Lipinski definition) is 3. The maximum absolute atomic E-state index is 12.0. The predicted molar refractivity (Wildman–Crippen MR) is 98.8 cm³/mol. The molecule has 0 spiro atoms. The van der Waals surface area contributed by atoms with E-state index in [1.807, 2.05) is 0 Å². The number of piperidine rings is 1. The van der Waals surface area contributed by atoms with Crippen LogP contribution in [0.25, 0.3) is 11.2 Å². The molecule has 9 nitrogen and oxygen atoms in total. The van der Waals surface area contributed by atoms with Gasteiger partial charge in [-0.25, -0.2) is 4.79 Å². The number of aryl methyl sites for hydroxylation is 1. The van der Waals surface area contributed by atoms with Crippen LogP contribution in [0.15, 0.2) is 4.79 Å². The molecule has 144 valence electrons. The Hall–Kier alpha value is -2.29. The number of rotatable bonds is 8. The number of anilines is 1. The van der Waals surface area contributed by atoms with Crippen LogP contribution in [-0.4, -0.2) is 57.4 Å². The number of ether oxygens (including phenoxy) is 1. The number of imidazole rings is 1. The van der Waals surface area contributed by atoms with Crippen LogP contribution < -0.4 is 11.4 Å². The summed E-state index contributed by atoms with van der Waals surface area (Å²) < 4.78 is 6.43. The largest absolute Gasteiger partial charge is 0.469 e. The molecule has 0 saturated carbocycles.